The number of nitrogens with zero attached hydrogens (tertiary/aromatic N) is 1. The first-order valence-corrected chi connectivity index (χ1v) is 8.05. The molecule has 1 aliphatic rings. The van der Waals surface area contributed by atoms with Crippen LogP contribution >= 0.6 is 0 Å². The molecule has 1 aliphatic heterocycles. The number of benzene rings is 2. The Morgan fingerprint density at radius 1 is 1.12 bits per heavy atom. The maximum Gasteiger partial charge on any atom is 0.308 e. The molecular weight excluding hydrogens is 323 g/mol. The molecule has 3 unspecified atom stereocenters. The van der Waals surface area contributed by atoms with Gasteiger partial charge in [0.25, 0.3) is 0 Å². The van der Waals surface area contributed by atoms with Gasteiger partial charge in [-0.1, -0.05) is 36.4 Å². The van der Waals surface area contributed by atoms with Crippen molar-refractivity contribution in [2.24, 2.45) is 5.92 Å². The van der Waals surface area contributed by atoms with Crippen molar-refractivity contribution < 1.29 is 19.1 Å². The van der Waals surface area contributed by atoms with Gasteiger partial charge in [0.05, 0.1) is 12.0 Å². The van der Waals surface area contributed by atoms with Crippen LogP contribution in [-0.4, -0.2) is 30.1 Å². The van der Waals surface area contributed by atoms with Crippen molar-refractivity contribution in [2.45, 2.75) is 18.5 Å². The highest BCUT2D eigenvalue weighted by Crippen LogP contribution is 2.35. The first kappa shape index (κ1) is 17.1. The summed E-state index contributed by atoms with van der Waals surface area (Å²) in [6.07, 6.45) is 0.115. The summed E-state index contributed by atoms with van der Waals surface area (Å²) in [6, 6.07) is 13.7. The molecule has 0 saturated carbocycles. The molecule has 2 N–H and O–H groups in total. The van der Waals surface area contributed by atoms with E-state index in [1.54, 1.807) is 37.4 Å². The first-order valence-electron chi connectivity index (χ1n) is 8.05. The van der Waals surface area contributed by atoms with Crippen molar-refractivity contribution >= 4 is 17.6 Å². The molecule has 2 aromatic carbocycles. The molecule has 1 fully saturated rings. The van der Waals surface area contributed by atoms with Crippen LogP contribution in [0.4, 0.5) is 10.1 Å². The maximum atomic E-state index is 14.1. The lowest BCUT2D eigenvalue weighted by molar-refractivity contribution is -0.142. The number of anilines is 1. The van der Waals surface area contributed by atoms with E-state index in [1.165, 1.54) is 11.0 Å². The molecule has 130 valence electrons. The summed E-state index contributed by atoms with van der Waals surface area (Å²) in [6.45, 7) is 0. The number of hydrogen-bond acceptors (Lipinski definition) is 3. The van der Waals surface area contributed by atoms with Crippen molar-refractivity contribution in [3.63, 3.8) is 0 Å². The Labute approximate surface area is 145 Å². The van der Waals surface area contributed by atoms with E-state index in [0.717, 1.165) is 5.69 Å². The maximum absolute atomic E-state index is 14.1. The molecular formula is C19H19FN2O3. The quantitative estimate of drug-likeness (QED) is 0.896. The summed E-state index contributed by atoms with van der Waals surface area (Å²) < 4.78 is 14.1. The fraction of sp³-hybridized carbons (Fsp3) is 0.263. The Kier molecular flexibility index (Phi) is 4.81. The van der Waals surface area contributed by atoms with Gasteiger partial charge in [0.2, 0.25) is 5.91 Å². The second-order valence-electron chi connectivity index (χ2n) is 6.13. The van der Waals surface area contributed by atoms with Crippen molar-refractivity contribution in [1.29, 1.82) is 0 Å². The number of rotatable bonds is 4. The second-order valence-corrected chi connectivity index (χ2v) is 6.13. The number of aliphatic carboxylic acids is 1. The van der Waals surface area contributed by atoms with Crippen LogP contribution in [0.2, 0.25) is 0 Å². The Morgan fingerprint density at radius 2 is 1.76 bits per heavy atom. The zero-order valence-electron chi connectivity index (χ0n) is 13.7. The zero-order valence-corrected chi connectivity index (χ0v) is 13.7. The van der Waals surface area contributed by atoms with E-state index >= 15 is 0 Å². The van der Waals surface area contributed by atoms with Crippen molar-refractivity contribution in [1.82, 2.24) is 5.32 Å². The van der Waals surface area contributed by atoms with Crippen LogP contribution < -0.4 is 10.2 Å². The number of carboxylic acid groups (broad SMARTS) is 1. The molecule has 1 saturated heterocycles. The number of carbonyl (C=O) groups is 2. The Balaban J connectivity index is 1.84. The third kappa shape index (κ3) is 3.39. The Hall–Kier alpha value is -2.73. The number of nitrogens with one attached hydrogen (secondary N) is 1. The highest BCUT2D eigenvalue weighted by atomic mass is 19.1. The van der Waals surface area contributed by atoms with Gasteiger partial charge >= 0.3 is 5.97 Å². The van der Waals surface area contributed by atoms with Crippen LogP contribution in [0.25, 0.3) is 0 Å². The molecule has 1 amide bonds. The van der Waals surface area contributed by atoms with Gasteiger partial charge in [0, 0.05) is 24.3 Å². The third-order valence-corrected chi connectivity index (χ3v) is 4.60. The van der Waals surface area contributed by atoms with E-state index in [9.17, 15) is 19.1 Å². The van der Waals surface area contributed by atoms with Crippen LogP contribution in [0, 0.1) is 11.7 Å². The zero-order chi connectivity index (χ0) is 18.0. The van der Waals surface area contributed by atoms with Gasteiger partial charge in [0.15, 0.2) is 0 Å². The molecule has 2 aromatic rings. The molecule has 0 spiro atoms. The van der Waals surface area contributed by atoms with E-state index in [1.807, 2.05) is 18.2 Å². The lowest BCUT2D eigenvalue weighted by atomic mass is 9.93. The number of amides is 1. The highest BCUT2D eigenvalue weighted by molar-refractivity contribution is 5.97. The molecule has 25 heavy (non-hydrogen) atoms. The largest absolute Gasteiger partial charge is 0.481 e. The minimum Gasteiger partial charge on any atom is -0.481 e. The molecule has 0 aromatic heterocycles. The van der Waals surface area contributed by atoms with Crippen molar-refractivity contribution in [3.8, 4) is 0 Å². The van der Waals surface area contributed by atoms with Crippen LogP contribution in [0.1, 0.15) is 18.0 Å². The molecule has 3 atom stereocenters. The van der Waals surface area contributed by atoms with Gasteiger partial charge in [-0.05, 0) is 24.6 Å². The standard InChI is InChI=1S/C19H19FN2O3/c1-22(12-7-3-2-4-8-12)18(23)16-11-14(19(24)25)17(21-16)13-9-5-6-10-15(13)20/h2-10,14,16-17,21H,11H2,1H3,(H,24,25). The van der Waals surface area contributed by atoms with Gasteiger partial charge < -0.3 is 10.0 Å². The fourth-order valence-electron chi connectivity index (χ4n) is 3.25. The fourth-order valence-corrected chi connectivity index (χ4v) is 3.25. The summed E-state index contributed by atoms with van der Waals surface area (Å²) in [4.78, 5) is 25.9. The van der Waals surface area contributed by atoms with Gasteiger partial charge in [-0.25, -0.2) is 4.39 Å². The van der Waals surface area contributed by atoms with Crippen LogP contribution in [0.5, 0.6) is 0 Å². The molecule has 0 radical (unpaired) electrons. The minimum atomic E-state index is -1.04. The first-order chi connectivity index (χ1) is 12.0. The summed E-state index contributed by atoms with van der Waals surface area (Å²) in [5, 5.41) is 12.5. The summed E-state index contributed by atoms with van der Waals surface area (Å²) in [5.41, 5.74) is 0.989. The average Bonchev–Trinajstić information content (AvgIpc) is 3.07. The summed E-state index contributed by atoms with van der Waals surface area (Å²) in [5.74, 6) is -2.62. The predicted octanol–water partition coefficient (Wildman–Crippen LogP) is 2.59. The molecule has 0 bridgehead atoms. The van der Waals surface area contributed by atoms with Gasteiger partial charge in [0.1, 0.15) is 5.82 Å². The summed E-state index contributed by atoms with van der Waals surface area (Å²) >= 11 is 0. The van der Waals surface area contributed by atoms with Crippen LogP contribution in [0.15, 0.2) is 54.6 Å². The summed E-state index contributed by atoms with van der Waals surface area (Å²) in [7, 11) is 1.64. The number of carbonyl (C=O) groups excluding carboxylic acids is 1. The van der Waals surface area contributed by atoms with Crippen LogP contribution in [0.3, 0.4) is 0 Å². The van der Waals surface area contributed by atoms with E-state index < -0.39 is 29.8 Å². The lowest BCUT2D eigenvalue weighted by Crippen LogP contribution is -2.42. The van der Waals surface area contributed by atoms with Crippen molar-refractivity contribution in [2.75, 3.05) is 11.9 Å². The SMILES string of the molecule is CN(C(=O)C1CC(C(=O)O)C(c2ccccc2F)N1)c1ccccc1. The topological polar surface area (TPSA) is 69.6 Å². The third-order valence-electron chi connectivity index (χ3n) is 4.60. The number of halogens is 1. The van der Waals surface area contributed by atoms with Crippen LogP contribution in [-0.2, 0) is 9.59 Å². The molecule has 6 heteroatoms. The monoisotopic (exact) mass is 342 g/mol. The smallest absolute Gasteiger partial charge is 0.308 e. The van der Waals surface area contributed by atoms with Gasteiger partial charge in [-0.15, -0.1) is 0 Å². The van der Waals surface area contributed by atoms with E-state index in [-0.39, 0.29) is 17.9 Å². The number of likely N-dealkylation sites (N-methyl/N-ethyl adjacent to an activating group) is 1. The van der Waals surface area contributed by atoms with Gasteiger partial charge in [-0.2, -0.15) is 0 Å². The molecule has 0 aliphatic carbocycles. The number of carboxylic acids is 1. The van der Waals surface area contributed by atoms with E-state index in [2.05, 4.69) is 5.32 Å². The second kappa shape index (κ2) is 7.03. The molecule has 3 rings (SSSR count). The Bertz CT molecular complexity index is 781. The van der Waals surface area contributed by atoms with E-state index in [0.29, 0.717) is 0 Å². The van der Waals surface area contributed by atoms with Gasteiger partial charge in [-0.3, -0.25) is 14.9 Å². The van der Waals surface area contributed by atoms with Crippen molar-refractivity contribution in [3.05, 3.63) is 66.0 Å². The Morgan fingerprint density at radius 3 is 2.40 bits per heavy atom. The van der Waals surface area contributed by atoms with E-state index in [4.69, 9.17) is 0 Å². The highest BCUT2D eigenvalue weighted by Gasteiger charge is 2.43. The number of para-hydroxylation sites is 1. The molecule has 5 nitrogen and oxygen atoms in total. The lowest BCUT2D eigenvalue weighted by Gasteiger charge is -2.22. The predicted molar refractivity (Wildman–Crippen MR) is 91.7 cm³/mol. The number of hydrogen-bond donors (Lipinski definition) is 2. The normalized spacial score (nSPS) is 22.6. The molecule has 1 heterocycles. The minimum absolute atomic E-state index is 0.115. The average molecular weight is 342 g/mol.